The predicted molar refractivity (Wildman–Crippen MR) is 121 cm³/mol. The molecule has 1 aliphatic heterocycles. The van der Waals surface area contributed by atoms with Gasteiger partial charge in [0, 0.05) is 48.8 Å². The molecule has 27 heavy (non-hydrogen) atoms. The monoisotopic (exact) mass is 400 g/mol. The van der Waals surface area contributed by atoms with Gasteiger partial charge in [0.15, 0.2) is 0 Å². The zero-order valence-electron chi connectivity index (χ0n) is 15.9. The first-order valence-electron chi connectivity index (χ1n) is 9.30. The highest BCUT2D eigenvalue weighted by Gasteiger charge is 2.19. The molecule has 1 heterocycles. The number of likely N-dealkylation sites (N-methyl/N-ethyl adjacent to an activating group) is 1. The molecule has 0 fully saturated rings. The van der Waals surface area contributed by atoms with E-state index in [4.69, 9.17) is 23.2 Å². The summed E-state index contributed by atoms with van der Waals surface area (Å²) in [5.74, 6) is 1.19. The van der Waals surface area contributed by atoms with Crippen LogP contribution in [0.5, 0.6) is 0 Å². The molecule has 1 atom stereocenters. The second-order valence-corrected chi connectivity index (χ2v) is 7.54. The van der Waals surface area contributed by atoms with Gasteiger partial charge in [-0.05, 0) is 36.3 Å². The number of anilines is 2. The average molecular weight is 401 g/mol. The highest BCUT2D eigenvalue weighted by Crippen LogP contribution is 2.33. The quantitative estimate of drug-likeness (QED) is 0.533. The third-order valence-electron chi connectivity index (χ3n) is 5.03. The molecule has 0 amide bonds. The van der Waals surface area contributed by atoms with Gasteiger partial charge in [-0.1, -0.05) is 48.6 Å². The van der Waals surface area contributed by atoms with Gasteiger partial charge < -0.3 is 9.80 Å². The summed E-state index contributed by atoms with van der Waals surface area (Å²) in [6.07, 6.45) is 6.76. The van der Waals surface area contributed by atoms with Crippen LogP contribution in [0.15, 0.2) is 60.7 Å². The number of alkyl halides is 2. The summed E-state index contributed by atoms with van der Waals surface area (Å²) in [5, 5.41) is 0. The minimum atomic E-state index is 0.253. The van der Waals surface area contributed by atoms with Crippen molar-refractivity contribution in [1.82, 2.24) is 0 Å². The predicted octanol–water partition coefficient (Wildman–Crippen LogP) is 5.91. The van der Waals surface area contributed by atoms with Gasteiger partial charge in [-0.2, -0.15) is 0 Å². The molecule has 2 nitrogen and oxygen atoms in total. The molecule has 3 rings (SSSR count). The Hall–Kier alpha value is -1.90. The van der Waals surface area contributed by atoms with Crippen LogP contribution in [0, 0.1) is 0 Å². The fourth-order valence-corrected chi connectivity index (χ4v) is 3.91. The largest absolute Gasteiger partial charge is 0.369 e. The molecule has 2 aromatic carbocycles. The lowest BCUT2D eigenvalue weighted by atomic mass is 9.96. The van der Waals surface area contributed by atoms with Gasteiger partial charge in [-0.3, -0.25) is 0 Å². The van der Waals surface area contributed by atoms with Crippen molar-refractivity contribution in [3.8, 4) is 0 Å². The molecule has 0 aromatic heterocycles. The number of benzene rings is 2. The van der Waals surface area contributed by atoms with Crippen molar-refractivity contribution in [2.24, 2.45) is 0 Å². The summed E-state index contributed by atoms with van der Waals surface area (Å²) >= 11 is 11.8. The molecule has 0 aliphatic carbocycles. The maximum absolute atomic E-state index is 5.90. The van der Waals surface area contributed by atoms with Gasteiger partial charge in [0.05, 0.1) is 6.04 Å². The van der Waals surface area contributed by atoms with Crippen LogP contribution >= 0.6 is 23.2 Å². The fraction of sp³-hybridized carbons (Fsp3) is 0.304. The molecule has 1 unspecified atom stereocenters. The van der Waals surface area contributed by atoms with E-state index in [1.54, 1.807) is 0 Å². The molecule has 1 aliphatic rings. The summed E-state index contributed by atoms with van der Waals surface area (Å²) < 4.78 is 0. The molecule has 0 N–H and O–H groups in total. The first-order chi connectivity index (χ1) is 13.1. The third-order valence-corrected chi connectivity index (χ3v) is 5.37. The Morgan fingerprint density at radius 3 is 2.33 bits per heavy atom. The second-order valence-electron chi connectivity index (χ2n) is 6.78. The van der Waals surface area contributed by atoms with E-state index < -0.39 is 0 Å². The fourth-order valence-electron chi connectivity index (χ4n) is 3.50. The molecular weight excluding hydrogens is 375 g/mol. The number of nitrogens with zero attached hydrogens (tertiary/aromatic N) is 2. The Labute approximate surface area is 172 Å². The number of hydrogen-bond acceptors (Lipinski definition) is 2. The number of rotatable bonds is 7. The van der Waals surface area contributed by atoms with E-state index in [-0.39, 0.29) is 6.04 Å². The number of fused-ring (bicyclic) bond motifs is 1. The Morgan fingerprint density at radius 1 is 1.00 bits per heavy atom. The minimum Gasteiger partial charge on any atom is -0.369 e. The lowest BCUT2D eigenvalue weighted by Crippen LogP contribution is -2.31. The summed E-state index contributed by atoms with van der Waals surface area (Å²) in [6, 6.07) is 17.4. The van der Waals surface area contributed by atoms with E-state index in [0.29, 0.717) is 11.8 Å². The first-order valence-corrected chi connectivity index (χ1v) is 10.4. The normalized spacial score (nSPS) is 16.4. The van der Waals surface area contributed by atoms with Crippen molar-refractivity contribution in [2.75, 3.05) is 41.7 Å². The van der Waals surface area contributed by atoms with Gasteiger partial charge in [0.25, 0.3) is 0 Å². The van der Waals surface area contributed by atoms with E-state index in [1.807, 2.05) is 0 Å². The van der Waals surface area contributed by atoms with Crippen LogP contribution in [-0.4, -0.2) is 37.9 Å². The lowest BCUT2D eigenvalue weighted by molar-refractivity contribution is 0.874. The lowest BCUT2D eigenvalue weighted by Gasteiger charge is -2.32. The van der Waals surface area contributed by atoms with Gasteiger partial charge in [0.1, 0.15) is 0 Å². The number of halogens is 2. The average Bonchev–Trinajstić information content (AvgIpc) is 2.70. The van der Waals surface area contributed by atoms with E-state index >= 15 is 0 Å². The highest BCUT2D eigenvalue weighted by molar-refractivity contribution is 6.18. The van der Waals surface area contributed by atoms with Gasteiger partial charge in [0.2, 0.25) is 0 Å². The molecular formula is C23H26Cl2N2. The molecule has 2 aromatic rings. The number of allylic oxidation sites excluding steroid dienone is 1. The molecule has 4 heteroatoms. The SMILES string of the molecule is CC1=CC(/C=C/c2ccc(N(CCCl)CCCl)cc2)N(C)c2ccccc21. The maximum Gasteiger partial charge on any atom is 0.0663 e. The second kappa shape index (κ2) is 9.34. The molecule has 0 bridgehead atoms. The van der Waals surface area contributed by atoms with Crippen molar-refractivity contribution in [1.29, 1.82) is 0 Å². The zero-order valence-corrected chi connectivity index (χ0v) is 17.4. The van der Waals surface area contributed by atoms with Crippen LogP contribution in [0.1, 0.15) is 18.1 Å². The summed E-state index contributed by atoms with van der Waals surface area (Å²) in [5.41, 5.74) is 6.26. The summed E-state index contributed by atoms with van der Waals surface area (Å²) in [7, 11) is 2.15. The van der Waals surface area contributed by atoms with Crippen molar-refractivity contribution in [3.63, 3.8) is 0 Å². The van der Waals surface area contributed by atoms with Gasteiger partial charge in [-0.25, -0.2) is 0 Å². The topological polar surface area (TPSA) is 6.48 Å². The van der Waals surface area contributed by atoms with Crippen LogP contribution in [0.4, 0.5) is 11.4 Å². The Bertz CT molecular complexity index is 805. The Morgan fingerprint density at radius 2 is 1.67 bits per heavy atom. The summed E-state index contributed by atoms with van der Waals surface area (Å²) in [6.45, 7) is 3.80. The number of hydrogen-bond donors (Lipinski definition) is 0. The number of para-hydroxylation sites is 1. The van der Waals surface area contributed by atoms with Crippen LogP contribution in [0.2, 0.25) is 0 Å². The first kappa shape index (κ1) is 19.9. The van der Waals surface area contributed by atoms with Crippen molar-refractivity contribution >= 4 is 46.2 Å². The van der Waals surface area contributed by atoms with Crippen LogP contribution in [0.25, 0.3) is 11.6 Å². The highest BCUT2D eigenvalue weighted by atomic mass is 35.5. The maximum atomic E-state index is 5.90. The molecule has 0 radical (unpaired) electrons. The Kier molecular flexibility index (Phi) is 6.87. The van der Waals surface area contributed by atoms with Crippen molar-refractivity contribution in [2.45, 2.75) is 13.0 Å². The van der Waals surface area contributed by atoms with E-state index in [9.17, 15) is 0 Å². The van der Waals surface area contributed by atoms with Gasteiger partial charge >= 0.3 is 0 Å². The Balaban J connectivity index is 1.74. The van der Waals surface area contributed by atoms with E-state index in [1.165, 1.54) is 22.4 Å². The molecule has 0 saturated carbocycles. The molecule has 0 spiro atoms. The summed E-state index contributed by atoms with van der Waals surface area (Å²) in [4.78, 5) is 4.53. The minimum absolute atomic E-state index is 0.253. The van der Waals surface area contributed by atoms with Crippen LogP contribution in [0.3, 0.4) is 0 Å². The third kappa shape index (κ3) is 4.69. The van der Waals surface area contributed by atoms with Crippen molar-refractivity contribution in [3.05, 3.63) is 71.8 Å². The molecule has 0 saturated heterocycles. The molecule has 142 valence electrons. The smallest absolute Gasteiger partial charge is 0.0663 e. The van der Waals surface area contributed by atoms with Gasteiger partial charge in [-0.15, -0.1) is 23.2 Å². The van der Waals surface area contributed by atoms with E-state index in [2.05, 4.69) is 90.5 Å². The van der Waals surface area contributed by atoms with Crippen molar-refractivity contribution < 1.29 is 0 Å². The standard InChI is InChI=1S/C23H26Cl2N2/c1-18-17-21(26(2)23-6-4-3-5-22(18)23)12-9-19-7-10-20(11-8-19)27(15-13-24)16-14-25/h3-12,17,21H,13-16H2,1-2H3/b12-9+. The van der Waals surface area contributed by atoms with Crippen LogP contribution < -0.4 is 9.80 Å². The zero-order chi connectivity index (χ0) is 19.2. The van der Waals surface area contributed by atoms with Crippen LogP contribution in [-0.2, 0) is 0 Å². The van der Waals surface area contributed by atoms with E-state index in [0.717, 1.165) is 18.8 Å².